The molecule has 2 aromatic carbocycles. The Morgan fingerprint density at radius 1 is 0.974 bits per heavy atom. The maximum absolute atomic E-state index is 14.7. The van der Waals surface area contributed by atoms with Crippen LogP contribution in [0.1, 0.15) is 86.0 Å². The van der Waals surface area contributed by atoms with Crippen molar-refractivity contribution in [2.24, 2.45) is 11.8 Å². The van der Waals surface area contributed by atoms with Crippen LogP contribution in [0.25, 0.3) is 0 Å². The molecule has 7 rings (SSSR count). The predicted octanol–water partition coefficient (Wildman–Crippen LogP) is 1.75. The Morgan fingerprint density at radius 2 is 1.82 bits per heavy atom. The van der Waals surface area contributed by atoms with Crippen molar-refractivity contribution in [1.82, 2.24) is 4.90 Å². The van der Waals surface area contributed by atoms with E-state index in [2.05, 4.69) is 52.7 Å². The number of amides is 1. The quantitative estimate of drug-likeness (QED) is 0.652. The third-order valence-electron chi connectivity index (χ3n) is 10.8. The minimum absolute atomic E-state index is 0. The summed E-state index contributed by atoms with van der Waals surface area (Å²) in [4.78, 5) is 17.1. The van der Waals surface area contributed by atoms with Crippen LogP contribution < -0.4 is 22.5 Å². The summed E-state index contributed by atoms with van der Waals surface area (Å²) < 4.78 is 6.16. The first-order valence-corrected chi connectivity index (χ1v) is 15.2. The number of nitrogens with two attached hydrogens (primary N) is 1. The van der Waals surface area contributed by atoms with Gasteiger partial charge in [-0.05, 0) is 79.0 Å². The number of carbonyl (C=O) groups is 1. The van der Waals surface area contributed by atoms with Crippen LogP contribution in [-0.4, -0.2) is 43.1 Å². The molecule has 2 N–H and O–H groups in total. The highest BCUT2D eigenvalue weighted by atomic mass is 35.5. The number of likely N-dealkylation sites (tertiary alicyclic amines) is 1. The molecular formula is C33H43ClN2O2. The molecule has 0 aromatic heterocycles. The molecule has 4 nitrogen and oxygen atoms in total. The number of rotatable bonds is 3. The van der Waals surface area contributed by atoms with E-state index in [1.54, 1.807) is 0 Å². The van der Waals surface area contributed by atoms with Gasteiger partial charge < -0.3 is 27.4 Å². The largest absolute Gasteiger partial charge is 1.00 e. The van der Waals surface area contributed by atoms with Crippen LogP contribution in [-0.2, 0) is 23.1 Å². The van der Waals surface area contributed by atoms with Gasteiger partial charge in [-0.3, -0.25) is 4.79 Å². The van der Waals surface area contributed by atoms with Gasteiger partial charge >= 0.3 is 0 Å². The molecule has 3 heterocycles. The fraction of sp³-hybridized carbons (Fsp3) is 0.606. The molecule has 5 aliphatic rings. The number of hydrogen-bond acceptors (Lipinski definition) is 2. The molecule has 1 amide bonds. The first-order valence-electron chi connectivity index (χ1n) is 15.2. The number of halogens is 1. The second-order valence-corrected chi connectivity index (χ2v) is 12.6. The van der Waals surface area contributed by atoms with E-state index in [1.165, 1.54) is 66.5 Å². The number of nitrogens with zero attached hydrogens (tertiary/aromatic N) is 1. The molecule has 204 valence electrons. The number of ether oxygens (including phenoxy) is 1. The van der Waals surface area contributed by atoms with Gasteiger partial charge in [-0.15, -0.1) is 0 Å². The first kappa shape index (κ1) is 26.2. The maximum Gasteiger partial charge on any atom is 0.232 e. The number of benzene rings is 2. The molecule has 1 spiro atoms. The van der Waals surface area contributed by atoms with Gasteiger partial charge in [-0.2, -0.15) is 0 Å². The highest BCUT2D eigenvalue weighted by Gasteiger charge is 2.55. The lowest BCUT2D eigenvalue weighted by Crippen LogP contribution is -3.00. The fourth-order valence-corrected chi connectivity index (χ4v) is 9.00. The summed E-state index contributed by atoms with van der Waals surface area (Å²) in [7, 11) is 0. The van der Waals surface area contributed by atoms with Gasteiger partial charge in [0.1, 0.15) is 11.7 Å². The minimum atomic E-state index is -0.0287. The molecule has 3 aliphatic heterocycles. The Kier molecular flexibility index (Phi) is 7.48. The Hall–Kier alpha value is -2.04. The smallest absolute Gasteiger partial charge is 0.232 e. The zero-order valence-corrected chi connectivity index (χ0v) is 23.4. The second-order valence-electron chi connectivity index (χ2n) is 12.6. The molecule has 0 bridgehead atoms. The van der Waals surface area contributed by atoms with Crippen LogP contribution in [0.3, 0.4) is 0 Å². The molecule has 2 aromatic rings. The SMILES string of the molecule is O=C([C@@H]1C[NH2+]C[C@]12CCCc1c2ccc2c1OCC2)N1CC[C@@H](c2ccccc2)C[C@H]1C1CCCCC1.[Cl-]. The van der Waals surface area contributed by atoms with Crippen LogP contribution in [0.5, 0.6) is 5.75 Å². The van der Waals surface area contributed by atoms with Crippen LogP contribution >= 0.6 is 0 Å². The zero-order valence-electron chi connectivity index (χ0n) is 22.7. The lowest BCUT2D eigenvalue weighted by atomic mass is 9.63. The number of fused-ring (bicyclic) bond motifs is 4. The topological polar surface area (TPSA) is 46.1 Å². The molecule has 4 atom stereocenters. The maximum atomic E-state index is 14.7. The molecule has 0 radical (unpaired) electrons. The molecule has 2 aliphatic carbocycles. The van der Waals surface area contributed by atoms with Crippen molar-refractivity contribution in [2.45, 2.75) is 88.0 Å². The van der Waals surface area contributed by atoms with Crippen molar-refractivity contribution in [3.8, 4) is 5.75 Å². The van der Waals surface area contributed by atoms with E-state index in [4.69, 9.17) is 4.74 Å². The summed E-state index contributed by atoms with van der Waals surface area (Å²) in [5.41, 5.74) is 5.69. The molecule has 2 saturated heterocycles. The normalized spacial score (nSPS) is 30.8. The van der Waals surface area contributed by atoms with E-state index >= 15 is 0 Å². The third kappa shape index (κ3) is 4.36. The van der Waals surface area contributed by atoms with E-state index in [1.807, 2.05) is 0 Å². The summed E-state index contributed by atoms with van der Waals surface area (Å²) in [5.74, 6) is 2.96. The van der Waals surface area contributed by atoms with Crippen LogP contribution in [0.4, 0.5) is 0 Å². The lowest BCUT2D eigenvalue weighted by molar-refractivity contribution is -0.640. The average molecular weight is 535 g/mol. The second kappa shape index (κ2) is 10.8. The van der Waals surface area contributed by atoms with Crippen molar-refractivity contribution in [2.75, 3.05) is 26.2 Å². The van der Waals surface area contributed by atoms with Crippen LogP contribution in [0.2, 0.25) is 0 Å². The highest BCUT2D eigenvalue weighted by Crippen LogP contribution is 2.49. The predicted molar refractivity (Wildman–Crippen MR) is 146 cm³/mol. The summed E-state index contributed by atoms with van der Waals surface area (Å²) >= 11 is 0. The number of piperidine rings is 1. The van der Waals surface area contributed by atoms with E-state index in [-0.39, 0.29) is 23.7 Å². The van der Waals surface area contributed by atoms with Crippen molar-refractivity contribution >= 4 is 5.91 Å². The van der Waals surface area contributed by atoms with Crippen molar-refractivity contribution in [3.05, 3.63) is 64.7 Å². The minimum Gasteiger partial charge on any atom is -1.00 e. The summed E-state index contributed by atoms with van der Waals surface area (Å²) in [6.45, 7) is 3.72. The monoisotopic (exact) mass is 534 g/mol. The Bertz CT molecular complexity index is 1150. The van der Waals surface area contributed by atoms with E-state index in [0.717, 1.165) is 58.3 Å². The molecular weight excluding hydrogens is 492 g/mol. The standard InChI is InChI=1S/C33H42N2O2.ClH/c36-32(29-21-34-22-33(29)17-7-12-27-28(33)14-13-25-16-19-37-31(25)27)35-18-15-26(23-8-3-1-4-9-23)20-30(35)24-10-5-2-6-11-24;/h1,3-4,8-9,13-14,24,26,29-30,34H,2,5-7,10-12,15-22H2;1H/t26-,29+,30+,33+;/m1./s1. The molecule has 3 fully saturated rings. The Labute approximate surface area is 234 Å². The average Bonchev–Trinajstić information content (AvgIpc) is 3.62. The molecule has 0 unspecified atom stereocenters. The first-order chi connectivity index (χ1) is 18.2. The summed E-state index contributed by atoms with van der Waals surface area (Å²) in [6, 6.07) is 16.2. The van der Waals surface area contributed by atoms with Gasteiger partial charge in [-0.25, -0.2) is 0 Å². The molecule has 1 saturated carbocycles. The summed E-state index contributed by atoms with van der Waals surface area (Å²) in [6.07, 6.45) is 13.3. The summed E-state index contributed by atoms with van der Waals surface area (Å²) in [5, 5.41) is 2.44. The van der Waals surface area contributed by atoms with Crippen molar-refractivity contribution in [3.63, 3.8) is 0 Å². The highest BCUT2D eigenvalue weighted by molar-refractivity contribution is 5.82. The number of quaternary nitrogens is 1. The Balaban J connectivity index is 0.00000264. The van der Waals surface area contributed by atoms with Crippen LogP contribution in [0.15, 0.2) is 42.5 Å². The third-order valence-corrected chi connectivity index (χ3v) is 10.8. The van der Waals surface area contributed by atoms with Gasteiger partial charge in [0, 0.05) is 19.0 Å². The number of hydrogen-bond donors (Lipinski definition) is 1. The van der Waals surface area contributed by atoms with Gasteiger partial charge in [0.2, 0.25) is 5.91 Å². The van der Waals surface area contributed by atoms with Gasteiger partial charge in [-0.1, -0.05) is 61.7 Å². The zero-order chi connectivity index (χ0) is 24.8. The fourth-order valence-electron chi connectivity index (χ4n) is 9.00. The van der Waals surface area contributed by atoms with Crippen molar-refractivity contribution < 1.29 is 27.3 Å². The van der Waals surface area contributed by atoms with Gasteiger partial charge in [0.25, 0.3) is 0 Å². The van der Waals surface area contributed by atoms with Gasteiger partial charge in [0.15, 0.2) is 0 Å². The van der Waals surface area contributed by atoms with Gasteiger partial charge in [0.05, 0.1) is 25.1 Å². The van der Waals surface area contributed by atoms with E-state index in [0.29, 0.717) is 23.8 Å². The lowest BCUT2D eigenvalue weighted by Gasteiger charge is -2.47. The van der Waals surface area contributed by atoms with E-state index < -0.39 is 0 Å². The van der Waals surface area contributed by atoms with E-state index in [9.17, 15) is 4.79 Å². The molecule has 5 heteroatoms. The van der Waals surface area contributed by atoms with Crippen LogP contribution in [0, 0.1) is 11.8 Å². The van der Waals surface area contributed by atoms with Crippen molar-refractivity contribution in [1.29, 1.82) is 0 Å². The Morgan fingerprint density at radius 3 is 2.66 bits per heavy atom. The number of carbonyl (C=O) groups excluding carboxylic acids is 1. The molecule has 38 heavy (non-hydrogen) atoms.